The molecule has 4 rings (SSSR count). The molecule has 0 spiro atoms. The van der Waals surface area contributed by atoms with Crippen molar-refractivity contribution < 1.29 is 17.7 Å². The van der Waals surface area contributed by atoms with Crippen molar-refractivity contribution in [3.8, 4) is 0 Å². The molecule has 0 aromatic carbocycles. The van der Waals surface area contributed by atoms with Gasteiger partial charge in [-0.1, -0.05) is 24.4 Å². The molecule has 0 unspecified atom stereocenters. The van der Waals surface area contributed by atoms with E-state index >= 15 is 0 Å². The van der Waals surface area contributed by atoms with Crippen molar-refractivity contribution in [3.05, 3.63) is 29.4 Å². The molecule has 1 saturated carbocycles. The van der Waals surface area contributed by atoms with Gasteiger partial charge in [0.05, 0.1) is 11.4 Å². The van der Waals surface area contributed by atoms with Gasteiger partial charge in [0.1, 0.15) is 4.90 Å². The molecule has 1 amide bonds. The summed E-state index contributed by atoms with van der Waals surface area (Å²) in [6, 6.07) is 1.86. The third-order valence-corrected chi connectivity index (χ3v) is 8.31. The summed E-state index contributed by atoms with van der Waals surface area (Å²) in [6.07, 6.45) is 8.60. The highest BCUT2D eigenvalue weighted by molar-refractivity contribution is 7.89. The van der Waals surface area contributed by atoms with Crippen LogP contribution in [0.25, 0.3) is 0 Å². The molecule has 31 heavy (non-hydrogen) atoms. The zero-order chi connectivity index (χ0) is 22.0. The van der Waals surface area contributed by atoms with Crippen molar-refractivity contribution in [1.82, 2.24) is 24.6 Å². The number of sulfonamides is 1. The number of amides is 1. The van der Waals surface area contributed by atoms with Crippen molar-refractivity contribution in [1.29, 1.82) is 0 Å². The number of aryl methyl sites for hydroxylation is 2. The van der Waals surface area contributed by atoms with Gasteiger partial charge >= 0.3 is 0 Å². The van der Waals surface area contributed by atoms with Gasteiger partial charge < -0.3 is 9.84 Å². The van der Waals surface area contributed by atoms with E-state index in [9.17, 15) is 13.2 Å². The Bertz CT molecular complexity index is 1020. The maximum Gasteiger partial charge on any atom is 0.290 e. The van der Waals surface area contributed by atoms with Crippen LogP contribution in [0.2, 0.25) is 0 Å². The van der Waals surface area contributed by atoms with Crippen molar-refractivity contribution in [3.63, 3.8) is 0 Å². The summed E-state index contributed by atoms with van der Waals surface area (Å²) in [7, 11) is -3.64. The van der Waals surface area contributed by atoms with Crippen LogP contribution >= 0.6 is 0 Å². The quantitative estimate of drug-likeness (QED) is 0.726. The van der Waals surface area contributed by atoms with E-state index in [4.69, 9.17) is 4.52 Å². The van der Waals surface area contributed by atoms with Crippen LogP contribution in [0.15, 0.2) is 21.7 Å². The summed E-state index contributed by atoms with van der Waals surface area (Å²) in [5, 5.41) is 11.4. The van der Waals surface area contributed by atoms with E-state index in [2.05, 4.69) is 15.6 Å². The lowest BCUT2D eigenvalue weighted by molar-refractivity contribution is 0.0890. The Morgan fingerprint density at radius 1 is 1.23 bits per heavy atom. The Labute approximate surface area is 183 Å². The Hall–Kier alpha value is -2.20. The number of hydrogen-bond acceptors (Lipinski definition) is 6. The summed E-state index contributed by atoms with van der Waals surface area (Å²) in [5.41, 5.74) is 1.14. The zero-order valence-corrected chi connectivity index (χ0v) is 19.0. The fourth-order valence-corrected chi connectivity index (χ4v) is 6.24. The van der Waals surface area contributed by atoms with Crippen LogP contribution in [0.1, 0.15) is 79.7 Å². The average Bonchev–Trinajstić information content (AvgIpc) is 3.42. The smallest absolute Gasteiger partial charge is 0.290 e. The van der Waals surface area contributed by atoms with E-state index in [1.54, 1.807) is 23.9 Å². The van der Waals surface area contributed by atoms with Gasteiger partial charge in [0.15, 0.2) is 0 Å². The number of hydrogen-bond donors (Lipinski definition) is 1. The highest BCUT2D eigenvalue weighted by Crippen LogP contribution is 2.31. The van der Waals surface area contributed by atoms with Crippen LogP contribution in [0.4, 0.5) is 0 Å². The standard InChI is InChI=1S/C21H31N5O4S/c1-3-25-14-20(15(2)23-25)31(28,29)26-11-7-8-16(13-26)18-12-19(30-24-18)21(27)22-17-9-5-4-6-10-17/h12,14,16-17H,3-11,13H2,1-2H3,(H,22,27)/t16-/m0/s1. The second-order valence-electron chi connectivity index (χ2n) is 8.56. The molecule has 2 aliphatic rings. The van der Waals surface area contributed by atoms with Crippen LogP contribution in [-0.2, 0) is 16.6 Å². The molecule has 170 valence electrons. The third-order valence-electron chi connectivity index (χ3n) is 6.34. The number of carbonyl (C=O) groups excluding carboxylic acids is 1. The molecule has 2 aromatic rings. The summed E-state index contributed by atoms with van der Waals surface area (Å²) < 4.78 is 34.9. The Kier molecular flexibility index (Phi) is 6.47. The monoisotopic (exact) mass is 449 g/mol. The summed E-state index contributed by atoms with van der Waals surface area (Å²) in [4.78, 5) is 12.8. The lowest BCUT2D eigenvalue weighted by Gasteiger charge is -2.30. The molecule has 1 saturated heterocycles. The maximum atomic E-state index is 13.2. The molecular weight excluding hydrogens is 418 g/mol. The first-order valence-corrected chi connectivity index (χ1v) is 12.6. The van der Waals surface area contributed by atoms with Crippen LogP contribution < -0.4 is 5.32 Å². The predicted molar refractivity (Wildman–Crippen MR) is 114 cm³/mol. The molecule has 0 radical (unpaired) electrons. The highest BCUT2D eigenvalue weighted by atomic mass is 32.2. The van der Waals surface area contributed by atoms with Crippen LogP contribution in [0.5, 0.6) is 0 Å². The first-order chi connectivity index (χ1) is 14.9. The van der Waals surface area contributed by atoms with Gasteiger partial charge in [-0.25, -0.2) is 8.42 Å². The second-order valence-corrected chi connectivity index (χ2v) is 10.5. The van der Waals surface area contributed by atoms with Gasteiger partial charge in [0.2, 0.25) is 15.8 Å². The van der Waals surface area contributed by atoms with Crippen molar-refractivity contribution in [2.45, 2.75) is 82.2 Å². The Morgan fingerprint density at radius 3 is 2.71 bits per heavy atom. The van der Waals surface area contributed by atoms with Gasteiger partial charge in [-0.3, -0.25) is 9.48 Å². The average molecular weight is 450 g/mol. The first-order valence-electron chi connectivity index (χ1n) is 11.2. The maximum absolute atomic E-state index is 13.2. The number of carbonyl (C=O) groups is 1. The van der Waals surface area contributed by atoms with E-state index in [0.717, 1.165) is 38.5 Å². The first kappa shape index (κ1) is 22.0. The SMILES string of the molecule is CCn1cc(S(=O)(=O)N2CCC[C@H](c3cc(C(=O)NC4CCCCC4)on3)C2)c(C)n1. The van der Waals surface area contributed by atoms with Gasteiger partial charge in [-0.2, -0.15) is 9.40 Å². The summed E-state index contributed by atoms with van der Waals surface area (Å²) >= 11 is 0. The fourth-order valence-electron chi connectivity index (χ4n) is 4.55. The molecule has 2 aromatic heterocycles. The van der Waals surface area contributed by atoms with Crippen molar-refractivity contribution in [2.24, 2.45) is 0 Å². The second kappa shape index (κ2) is 9.12. The zero-order valence-electron chi connectivity index (χ0n) is 18.2. The van der Waals surface area contributed by atoms with E-state index in [-0.39, 0.29) is 28.5 Å². The molecule has 2 fully saturated rings. The Morgan fingerprint density at radius 2 is 2.00 bits per heavy atom. The van der Waals surface area contributed by atoms with Gasteiger partial charge in [-0.15, -0.1) is 0 Å². The number of nitrogens with one attached hydrogen (secondary N) is 1. The van der Waals surface area contributed by atoms with Crippen LogP contribution in [0, 0.1) is 6.92 Å². The molecule has 1 N–H and O–H groups in total. The summed E-state index contributed by atoms with van der Waals surface area (Å²) in [5.74, 6) is -0.154. The van der Waals surface area contributed by atoms with Crippen LogP contribution in [0.3, 0.4) is 0 Å². The number of rotatable bonds is 6. The Balaban J connectivity index is 1.45. The topological polar surface area (TPSA) is 110 Å². The third kappa shape index (κ3) is 4.69. The van der Waals surface area contributed by atoms with E-state index in [0.29, 0.717) is 31.0 Å². The number of aromatic nitrogens is 3. The molecular formula is C21H31N5O4S. The van der Waals surface area contributed by atoms with E-state index in [1.807, 2.05) is 6.92 Å². The van der Waals surface area contributed by atoms with Crippen LogP contribution in [-0.4, -0.2) is 52.7 Å². The minimum Gasteiger partial charge on any atom is -0.351 e. The molecule has 1 atom stereocenters. The van der Waals surface area contributed by atoms with Gasteiger partial charge in [0, 0.05) is 43.9 Å². The minimum atomic E-state index is -3.64. The highest BCUT2D eigenvalue weighted by Gasteiger charge is 2.34. The number of nitrogens with zero attached hydrogens (tertiary/aromatic N) is 4. The normalized spacial score (nSPS) is 21.3. The fraction of sp³-hybridized carbons (Fsp3) is 0.667. The van der Waals surface area contributed by atoms with Crippen molar-refractivity contribution in [2.75, 3.05) is 13.1 Å². The molecule has 10 heteroatoms. The molecule has 0 bridgehead atoms. The van der Waals surface area contributed by atoms with E-state index < -0.39 is 10.0 Å². The number of piperidine rings is 1. The molecule has 1 aliphatic carbocycles. The van der Waals surface area contributed by atoms with Gasteiger partial charge in [-0.05, 0) is 39.5 Å². The van der Waals surface area contributed by atoms with E-state index in [1.165, 1.54) is 10.7 Å². The molecule has 9 nitrogen and oxygen atoms in total. The molecule has 1 aliphatic heterocycles. The van der Waals surface area contributed by atoms with Crippen molar-refractivity contribution >= 4 is 15.9 Å². The summed E-state index contributed by atoms with van der Waals surface area (Å²) in [6.45, 7) is 5.03. The predicted octanol–water partition coefficient (Wildman–Crippen LogP) is 2.83. The lowest BCUT2D eigenvalue weighted by atomic mass is 9.95. The minimum absolute atomic E-state index is 0.106. The lowest BCUT2D eigenvalue weighted by Crippen LogP contribution is -2.39. The molecule has 3 heterocycles. The van der Waals surface area contributed by atoms with Gasteiger partial charge in [0.25, 0.3) is 5.91 Å². The largest absolute Gasteiger partial charge is 0.351 e.